The summed E-state index contributed by atoms with van der Waals surface area (Å²) in [6.07, 6.45) is 3.82. The van der Waals surface area contributed by atoms with Crippen molar-refractivity contribution in [1.82, 2.24) is 9.78 Å². The molecule has 0 saturated heterocycles. The molecule has 2 aromatic rings. The van der Waals surface area contributed by atoms with E-state index in [-0.39, 0.29) is 0 Å². The van der Waals surface area contributed by atoms with Crippen molar-refractivity contribution in [3.63, 3.8) is 0 Å². The van der Waals surface area contributed by atoms with Crippen molar-refractivity contribution in [2.75, 3.05) is 0 Å². The zero-order chi connectivity index (χ0) is 11.6. The van der Waals surface area contributed by atoms with Gasteiger partial charge in [0.15, 0.2) is 0 Å². The first-order chi connectivity index (χ1) is 7.55. The Morgan fingerprint density at radius 1 is 1.19 bits per heavy atom. The third-order valence-electron chi connectivity index (χ3n) is 2.70. The number of nitrogens with zero attached hydrogens (tertiary/aromatic N) is 2. The molecule has 0 radical (unpaired) electrons. The van der Waals surface area contributed by atoms with Gasteiger partial charge in [-0.3, -0.25) is 4.68 Å². The van der Waals surface area contributed by atoms with Crippen LogP contribution in [0.25, 0.3) is 0 Å². The second-order valence-corrected chi connectivity index (χ2v) is 10.2. The van der Waals surface area contributed by atoms with E-state index in [1.54, 1.807) is 0 Å². The van der Waals surface area contributed by atoms with Crippen LogP contribution < -0.4 is 5.19 Å². The SMILES string of the molecule is C[Si](C)(C)c1cccc(Cn2cccn2)c1. The fraction of sp³-hybridized carbons (Fsp3) is 0.308. The van der Waals surface area contributed by atoms with E-state index in [4.69, 9.17) is 0 Å². The molecule has 3 heteroatoms. The average molecular weight is 230 g/mol. The summed E-state index contributed by atoms with van der Waals surface area (Å²) in [6, 6.07) is 10.9. The Labute approximate surface area is 97.9 Å². The van der Waals surface area contributed by atoms with Gasteiger partial charge in [0.25, 0.3) is 0 Å². The Kier molecular flexibility index (Phi) is 2.96. The molecule has 0 aliphatic rings. The predicted octanol–water partition coefficient (Wildman–Crippen LogP) is 2.48. The Bertz CT molecular complexity index is 455. The van der Waals surface area contributed by atoms with Crippen LogP contribution in [-0.4, -0.2) is 17.9 Å². The van der Waals surface area contributed by atoms with Crippen molar-refractivity contribution in [3.05, 3.63) is 48.3 Å². The molecule has 0 aliphatic heterocycles. The van der Waals surface area contributed by atoms with Gasteiger partial charge in [0.2, 0.25) is 0 Å². The molecule has 2 nitrogen and oxygen atoms in total. The van der Waals surface area contributed by atoms with Crippen LogP contribution in [0.2, 0.25) is 19.6 Å². The molecule has 0 N–H and O–H groups in total. The zero-order valence-electron chi connectivity index (χ0n) is 10.1. The van der Waals surface area contributed by atoms with E-state index in [9.17, 15) is 0 Å². The Morgan fingerprint density at radius 3 is 2.62 bits per heavy atom. The average Bonchev–Trinajstić information content (AvgIpc) is 2.70. The molecule has 1 aromatic heterocycles. The van der Waals surface area contributed by atoms with Crippen LogP contribution in [0.4, 0.5) is 0 Å². The Hall–Kier alpha value is -1.35. The van der Waals surface area contributed by atoms with Crippen LogP contribution in [0.3, 0.4) is 0 Å². The number of benzene rings is 1. The molecule has 84 valence electrons. The van der Waals surface area contributed by atoms with Gasteiger partial charge < -0.3 is 0 Å². The van der Waals surface area contributed by atoms with Crippen molar-refractivity contribution < 1.29 is 0 Å². The van der Waals surface area contributed by atoms with Crippen molar-refractivity contribution in [2.45, 2.75) is 26.2 Å². The van der Waals surface area contributed by atoms with Gasteiger partial charge in [-0.05, 0) is 11.6 Å². The summed E-state index contributed by atoms with van der Waals surface area (Å²) in [7, 11) is -1.20. The molecule has 0 unspecified atom stereocenters. The summed E-state index contributed by atoms with van der Waals surface area (Å²) in [6.45, 7) is 7.99. The minimum atomic E-state index is -1.20. The standard InChI is InChI=1S/C13H18N2Si/c1-16(2,3)13-7-4-6-12(10-13)11-15-9-5-8-14-15/h4-10H,11H2,1-3H3. The van der Waals surface area contributed by atoms with Crippen LogP contribution in [0.15, 0.2) is 42.7 Å². The molecule has 1 aromatic carbocycles. The first-order valence-corrected chi connectivity index (χ1v) is 9.12. The van der Waals surface area contributed by atoms with Gasteiger partial charge in [0.05, 0.1) is 14.6 Å². The smallest absolute Gasteiger partial charge is 0.0776 e. The van der Waals surface area contributed by atoms with Gasteiger partial charge in [0, 0.05) is 12.4 Å². The summed E-state index contributed by atoms with van der Waals surface area (Å²) in [5.41, 5.74) is 1.34. The van der Waals surface area contributed by atoms with E-state index in [1.165, 1.54) is 10.8 Å². The van der Waals surface area contributed by atoms with Crippen LogP contribution in [0.5, 0.6) is 0 Å². The number of aromatic nitrogens is 2. The molecule has 0 amide bonds. The predicted molar refractivity (Wildman–Crippen MR) is 70.8 cm³/mol. The van der Waals surface area contributed by atoms with Gasteiger partial charge in [0.1, 0.15) is 0 Å². The van der Waals surface area contributed by atoms with Crippen molar-refractivity contribution in [1.29, 1.82) is 0 Å². The molecular formula is C13H18N2Si. The monoisotopic (exact) mass is 230 g/mol. The van der Waals surface area contributed by atoms with Crippen LogP contribution in [-0.2, 0) is 6.54 Å². The Morgan fingerprint density at radius 2 is 2.00 bits per heavy atom. The van der Waals surface area contributed by atoms with E-state index in [0.717, 1.165) is 6.54 Å². The highest BCUT2D eigenvalue weighted by Crippen LogP contribution is 2.06. The van der Waals surface area contributed by atoms with Gasteiger partial charge in [-0.1, -0.05) is 49.1 Å². The van der Waals surface area contributed by atoms with Gasteiger partial charge in [-0.15, -0.1) is 0 Å². The number of hydrogen-bond donors (Lipinski definition) is 0. The number of hydrogen-bond acceptors (Lipinski definition) is 1. The lowest BCUT2D eigenvalue weighted by atomic mass is 10.2. The molecular weight excluding hydrogens is 212 g/mol. The molecule has 0 saturated carbocycles. The van der Waals surface area contributed by atoms with Crippen LogP contribution in [0, 0.1) is 0 Å². The molecule has 1 heterocycles. The summed E-state index contributed by atoms with van der Waals surface area (Å²) in [5.74, 6) is 0. The van der Waals surface area contributed by atoms with E-state index in [1.807, 2.05) is 23.1 Å². The largest absolute Gasteiger partial charge is 0.268 e. The highest BCUT2D eigenvalue weighted by Gasteiger charge is 2.16. The third kappa shape index (κ3) is 2.61. The van der Waals surface area contributed by atoms with Crippen molar-refractivity contribution >= 4 is 13.3 Å². The maximum absolute atomic E-state index is 4.23. The van der Waals surface area contributed by atoms with E-state index < -0.39 is 8.07 Å². The lowest BCUT2D eigenvalue weighted by molar-refractivity contribution is 0.687. The quantitative estimate of drug-likeness (QED) is 0.741. The fourth-order valence-electron chi connectivity index (χ4n) is 1.72. The summed E-state index contributed by atoms with van der Waals surface area (Å²) in [5, 5.41) is 5.74. The second kappa shape index (κ2) is 4.26. The molecule has 0 spiro atoms. The maximum atomic E-state index is 4.23. The van der Waals surface area contributed by atoms with Gasteiger partial charge in [-0.25, -0.2) is 0 Å². The lowest BCUT2D eigenvalue weighted by Gasteiger charge is -2.17. The zero-order valence-corrected chi connectivity index (χ0v) is 11.1. The first kappa shape index (κ1) is 11.1. The Balaban J connectivity index is 2.23. The van der Waals surface area contributed by atoms with Crippen molar-refractivity contribution in [3.8, 4) is 0 Å². The minimum absolute atomic E-state index is 0.866. The van der Waals surface area contributed by atoms with E-state index >= 15 is 0 Å². The molecule has 0 aliphatic carbocycles. The third-order valence-corrected chi connectivity index (χ3v) is 4.74. The highest BCUT2D eigenvalue weighted by atomic mass is 28.3. The van der Waals surface area contributed by atoms with E-state index in [2.05, 4.69) is 49.0 Å². The van der Waals surface area contributed by atoms with Gasteiger partial charge >= 0.3 is 0 Å². The molecule has 0 bridgehead atoms. The van der Waals surface area contributed by atoms with Gasteiger partial charge in [-0.2, -0.15) is 5.10 Å². The topological polar surface area (TPSA) is 17.8 Å². The number of rotatable bonds is 3. The minimum Gasteiger partial charge on any atom is -0.268 e. The molecule has 0 fully saturated rings. The highest BCUT2D eigenvalue weighted by molar-refractivity contribution is 6.88. The lowest BCUT2D eigenvalue weighted by Crippen LogP contribution is -2.37. The van der Waals surface area contributed by atoms with E-state index in [0.29, 0.717) is 0 Å². The molecule has 16 heavy (non-hydrogen) atoms. The summed E-state index contributed by atoms with van der Waals surface area (Å²) < 4.78 is 1.96. The first-order valence-electron chi connectivity index (χ1n) is 5.62. The maximum Gasteiger partial charge on any atom is 0.0776 e. The van der Waals surface area contributed by atoms with Crippen LogP contribution in [0.1, 0.15) is 5.56 Å². The summed E-state index contributed by atoms with van der Waals surface area (Å²) in [4.78, 5) is 0. The normalized spacial score (nSPS) is 11.7. The molecule has 0 atom stereocenters. The summed E-state index contributed by atoms with van der Waals surface area (Å²) >= 11 is 0. The van der Waals surface area contributed by atoms with Crippen molar-refractivity contribution in [2.24, 2.45) is 0 Å². The fourth-order valence-corrected chi connectivity index (χ4v) is 2.93. The van der Waals surface area contributed by atoms with Crippen LogP contribution >= 0.6 is 0 Å². The second-order valence-electron chi connectivity index (χ2n) is 5.15. The molecule has 2 rings (SSSR count).